The van der Waals surface area contributed by atoms with Crippen LogP contribution in [0, 0.1) is 0 Å². The molecule has 0 spiro atoms. The highest BCUT2D eigenvalue weighted by Gasteiger charge is 2.07. The Bertz CT molecular complexity index is 815. The number of thioether (sulfide) groups is 1. The maximum absolute atomic E-state index is 12.0. The number of aromatic nitrogens is 1. The Kier molecular flexibility index (Phi) is 6.49. The van der Waals surface area contributed by atoms with Crippen LogP contribution in [0.1, 0.15) is 11.3 Å². The summed E-state index contributed by atoms with van der Waals surface area (Å²) in [6.07, 6.45) is 0. The summed E-state index contributed by atoms with van der Waals surface area (Å²) in [5, 5.41) is 10.2. The number of thiophene rings is 1. The number of hydrogen-bond donors (Lipinski definition) is 1. The molecule has 25 heavy (non-hydrogen) atoms. The Morgan fingerprint density at radius 2 is 2.24 bits per heavy atom. The number of thiazole rings is 1. The molecular weight excluding hydrogens is 372 g/mol. The summed E-state index contributed by atoms with van der Waals surface area (Å²) in [7, 11) is 1.64. The first-order valence-electron chi connectivity index (χ1n) is 7.69. The van der Waals surface area contributed by atoms with E-state index in [1.807, 2.05) is 24.3 Å². The first-order chi connectivity index (χ1) is 12.2. The van der Waals surface area contributed by atoms with E-state index in [-0.39, 0.29) is 5.91 Å². The number of amides is 1. The number of nitrogens with zero attached hydrogens (tertiary/aromatic N) is 1. The molecule has 2 aromatic heterocycles. The smallest absolute Gasteiger partial charge is 0.230 e. The molecule has 4 nitrogen and oxygen atoms in total. The topological polar surface area (TPSA) is 51.2 Å². The van der Waals surface area contributed by atoms with Gasteiger partial charge in [-0.15, -0.1) is 23.1 Å². The molecule has 0 radical (unpaired) electrons. The SMILES string of the molecule is COc1cccc(CNC(=O)CSCc2csc(-c3ccsc3)n2)c1. The second-order valence-corrected chi connectivity index (χ2v) is 7.90. The molecule has 3 rings (SSSR count). The van der Waals surface area contributed by atoms with Gasteiger partial charge in [-0.2, -0.15) is 11.3 Å². The van der Waals surface area contributed by atoms with E-state index < -0.39 is 0 Å². The Hall–Kier alpha value is -1.83. The van der Waals surface area contributed by atoms with Gasteiger partial charge < -0.3 is 10.1 Å². The molecule has 0 bridgehead atoms. The van der Waals surface area contributed by atoms with Crippen molar-refractivity contribution in [1.82, 2.24) is 10.3 Å². The zero-order chi connectivity index (χ0) is 17.5. The standard InChI is InChI=1S/C18H18N2O2S3/c1-22-16-4-2-3-13(7-16)8-19-17(21)12-24-10-15-11-25-18(20-15)14-5-6-23-9-14/h2-7,9,11H,8,10,12H2,1H3,(H,19,21). The van der Waals surface area contributed by atoms with E-state index in [0.29, 0.717) is 12.3 Å². The van der Waals surface area contributed by atoms with Gasteiger partial charge in [-0.3, -0.25) is 4.79 Å². The zero-order valence-electron chi connectivity index (χ0n) is 13.7. The van der Waals surface area contributed by atoms with Crippen LogP contribution in [-0.4, -0.2) is 23.8 Å². The van der Waals surface area contributed by atoms with Crippen molar-refractivity contribution in [1.29, 1.82) is 0 Å². The molecule has 0 atom stereocenters. The molecule has 2 heterocycles. The predicted octanol–water partition coefficient (Wildman–Crippen LogP) is 4.43. The maximum atomic E-state index is 12.0. The fourth-order valence-electron chi connectivity index (χ4n) is 2.17. The van der Waals surface area contributed by atoms with Gasteiger partial charge in [0.1, 0.15) is 10.8 Å². The molecule has 130 valence electrons. The van der Waals surface area contributed by atoms with Crippen LogP contribution in [0.4, 0.5) is 0 Å². The summed E-state index contributed by atoms with van der Waals surface area (Å²) >= 11 is 4.90. The van der Waals surface area contributed by atoms with Gasteiger partial charge >= 0.3 is 0 Å². The largest absolute Gasteiger partial charge is 0.497 e. The van der Waals surface area contributed by atoms with Crippen molar-refractivity contribution in [2.45, 2.75) is 12.3 Å². The van der Waals surface area contributed by atoms with E-state index in [1.165, 1.54) is 5.56 Å². The Morgan fingerprint density at radius 3 is 3.04 bits per heavy atom. The normalized spacial score (nSPS) is 10.6. The Morgan fingerprint density at radius 1 is 1.32 bits per heavy atom. The van der Waals surface area contributed by atoms with E-state index >= 15 is 0 Å². The highest BCUT2D eigenvalue weighted by Crippen LogP contribution is 2.27. The van der Waals surface area contributed by atoms with Gasteiger partial charge in [0.25, 0.3) is 0 Å². The number of ether oxygens (including phenoxy) is 1. The number of rotatable bonds is 8. The highest BCUT2D eigenvalue weighted by molar-refractivity contribution is 7.99. The van der Waals surface area contributed by atoms with Crippen molar-refractivity contribution in [3.8, 4) is 16.3 Å². The van der Waals surface area contributed by atoms with E-state index in [0.717, 1.165) is 27.8 Å². The number of hydrogen-bond acceptors (Lipinski definition) is 6. The van der Waals surface area contributed by atoms with Gasteiger partial charge in [0.05, 0.1) is 18.6 Å². The van der Waals surface area contributed by atoms with Crippen molar-refractivity contribution in [3.63, 3.8) is 0 Å². The molecule has 0 aliphatic rings. The van der Waals surface area contributed by atoms with Gasteiger partial charge in [0.2, 0.25) is 5.91 Å². The van der Waals surface area contributed by atoms with Crippen molar-refractivity contribution in [2.24, 2.45) is 0 Å². The van der Waals surface area contributed by atoms with E-state index in [1.54, 1.807) is 41.5 Å². The summed E-state index contributed by atoms with van der Waals surface area (Å²) < 4.78 is 5.18. The summed E-state index contributed by atoms with van der Waals surface area (Å²) in [6, 6.07) is 9.78. The van der Waals surface area contributed by atoms with Crippen LogP contribution < -0.4 is 10.1 Å². The predicted molar refractivity (Wildman–Crippen MR) is 106 cm³/mol. The third kappa shape index (κ3) is 5.32. The molecule has 0 aliphatic carbocycles. The second kappa shape index (κ2) is 9.03. The van der Waals surface area contributed by atoms with Crippen LogP contribution >= 0.6 is 34.4 Å². The van der Waals surface area contributed by atoms with Gasteiger partial charge in [-0.05, 0) is 29.1 Å². The van der Waals surface area contributed by atoms with Crippen molar-refractivity contribution in [2.75, 3.05) is 12.9 Å². The first-order valence-corrected chi connectivity index (χ1v) is 10.7. The minimum absolute atomic E-state index is 0.0288. The van der Waals surface area contributed by atoms with E-state index in [9.17, 15) is 4.79 Å². The van der Waals surface area contributed by atoms with Gasteiger partial charge in [0.15, 0.2) is 0 Å². The Balaban J connectivity index is 1.40. The summed E-state index contributed by atoms with van der Waals surface area (Å²) in [5.74, 6) is 2.00. The van der Waals surface area contributed by atoms with Crippen LogP contribution in [0.5, 0.6) is 5.75 Å². The van der Waals surface area contributed by atoms with Crippen LogP contribution in [0.15, 0.2) is 46.5 Å². The van der Waals surface area contributed by atoms with Gasteiger partial charge in [-0.1, -0.05) is 12.1 Å². The van der Waals surface area contributed by atoms with Gasteiger partial charge in [0, 0.05) is 28.6 Å². The maximum Gasteiger partial charge on any atom is 0.230 e. The highest BCUT2D eigenvalue weighted by atomic mass is 32.2. The molecule has 0 saturated carbocycles. The third-order valence-corrected chi connectivity index (χ3v) is 6.02. The van der Waals surface area contributed by atoms with Crippen LogP contribution in [0.2, 0.25) is 0 Å². The summed E-state index contributed by atoms with van der Waals surface area (Å²) in [6.45, 7) is 0.510. The minimum Gasteiger partial charge on any atom is -0.497 e. The van der Waals surface area contributed by atoms with Crippen LogP contribution in [0.25, 0.3) is 10.6 Å². The van der Waals surface area contributed by atoms with Crippen molar-refractivity contribution in [3.05, 3.63) is 57.7 Å². The van der Waals surface area contributed by atoms with E-state index in [4.69, 9.17) is 4.74 Å². The number of carbonyl (C=O) groups is 1. The third-order valence-electron chi connectivity index (χ3n) is 3.43. The van der Waals surface area contributed by atoms with Gasteiger partial charge in [-0.25, -0.2) is 4.98 Å². The lowest BCUT2D eigenvalue weighted by Crippen LogP contribution is -2.24. The second-order valence-electron chi connectivity index (χ2n) is 5.28. The molecule has 1 N–H and O–H groups in total. The molecule has 7 heteroatoms. The number of benzene rings is 1. The van der Waals surface area contributed by atoms with Crippen LogP contribution in [-0.2, 0) is 17.1 Å². The lowest BCUT2D eigenvalue weighted by molar-refractivity contribution is -0.118. The average molecular weight is 391 g/mol. The molecule has 0 fully saturated rings. The average Bonchev–Trinajstić information content (AvgIpc) is 3.31. The monoisotopic (exact) mass is 390 g/mol. The number of methoxy groups -OCH3 is 1. The summed E-state index contributed by atoms with van der Waals surface area (Å²) in [4.78, 5) is 16.6. The molecule has 1 aromatic carbocycles. The number of carbonyl (C=O) groups excluding carboxylic acids is 1. The molecule has 0 saturated heterocycles. The van der Waals surface area contributed by atoms with Crippen LogP contribution in [0.3, 0.4) is 0 Å². The first kappa shape index (κ1) is 18.0. The fraction of sp³-hybridized carbons (Fsp3) is 0.222. The van der Waals surface area contributed by atoms with E-state index in [2.05, 4.69) is 32.5 Å². The minimum atomic E-state index is 0.0288. The molecule has 0 unspecified atom stereocenters. The zero-order valence-corrected chi connectivity index (χ0v) is 16.2. The fourth-order valence-corrected chi connectivity index (χ4v) is 4.56. The lowest BCUT2D eigenvalue weighted by atomic mass is 10.2. The quantitative estimate of drug-likeness (QED) is 0.618. The molecule has 1 amide bonds. The molecular formula is C18H18N2O2S3. The van der Waals surface area contributed by atoms with Crippen molar-refractivity contribution >= 4 is 40.3 Å². The molecule has 0 aliphatic heterocycles. The Labute approximate surface area is 159 Å². The summed E-state index contributed by atoms with van der Waals surface area (Å²) in [5.41, 5.74) is 3.22. The van der Waals surface area contributed by atoms with Crippen molar-refractivity contribution < 1.29 is 9.53 Å². The number of nitrogens with one attached hydrogen (secondary N) is 1. The lowest BCUT2D eigenvalue weighted by Gasteiger charge is -2.06. The molecule has 3 aromatic rings.